The van der Waals surface area contributed by atoms with Crippen molar-refractivity contribution in [2.45, 2.75) is 32.6 Å². The first kappa shape index (κ1) is 19.9. The van der Waals surface area contributed by atoms with Gasteiger partial charge in [-0.15, -0.1) is 0 Å². The Morgan fingerprint density at radius 3 is 2.10 bits per heavy atom. The molecule has 4 rings (SSSR count). The zero-order chi connectivity index (χ0) is 20.9. The molecule has 0 heterocycles. The maximum Gasteiger partial charge on any atom is 0.134 e. The summed E-state index contributed by atoms with van der Waals surface area (Å²) < 4.78 is 15.1. The summed E-state index contributed by atoms with van der Waals surface area (Å²) in [5.41, 5.74) is 6.09. The first-order valence-corrected chi connectivity index (χ1v) is 10.5. The lowest BCUT2D eigenvalue weighted by molar-refractivity contribution is 0.620. The molecule has 0 saturated heterocycles. The SMILES string of the molecule is CCCc1ccc(-c2ccc3c(F)c(CCc4ccc(C#N)cc4)ccc3c2)cc1. The molecule has 0 aromatic heterocycles. The van der Waals surface area contributed by atoms with Gasteiger partial charge in [0.05, 0.1) is 11.6 Å². The van der Waals surface area contributed by atoms with E-state index in [1.165, 1.54) is 5.56 Å². The molecule has 0 saturated carbocycles. The van der Waals surface area contributed by atoms with E-state index in [1.807, 2.05) is 48.5 Å². The van der Waals surface area contributed by atoms with Gasteiger partial charge in [0.25, 0.3) is 0 Å². The lowest BCUT2D eigenvalue weighted by Gasteiger charge is -2.10. The van der Waals surface area contributed by atoms with Crippen molar-refractivity contribution in [3.63, 3.8) is 0 Å². The second kappa shape index (κ2) is 8.93. The van der Waals surface area contributed by atoms with E-state index in [2.05, 4.69) is 43.3 Å². The number of rotatable bonds is 6. The number of benzene rings is 4. The minimum absolute atomic E-state index is 0.133. The highest BCUT2D eigenvalue weighted by atomic mass is 19.1. The molecule has 4 aromatic carbocycles. The Kier molecular flexibility index (Phi) is 5.91. The first-order chi connectivity index (χ1) is 14.7. The van der Waals surface area contributed by atoms with E-state index in [0.717, 1.165) is 46.9 Å². The molecule has 0 amide bonds. The van der Waals surface area contributed by atoms with Crippen LogP contribution in [0.5, 0.6) is 0 Å². The van der Waals surface area contributed by atoms with Gasteiger partial charge >= 0.3 is 0 Å². The Bertz CT molecular complexity index is 1200. The Labute approximate surface area is 177 Å². The molecule has 0 spiro atoms. The molecule has 4 aromatic rings. The van der Waals surface area contributed by atoms with E-state index in [0.29, 0.717) is 17.4 Å². The van der Waals surface area contributed by atoms with Crippen LogP contribution in [0, 0.1) is 17.1 Å². The molecule has 1 nitrogen and oxygen atoms in total. The molecule has 0 aliphatic heterocycles. The molecule has 2 heteroatoms. The Balaban J connectivity index is 1.55. The molecular weight excluding hydrogens is 369 g/mol. The number of hydrogen-bond donors (Lipinski definition) is 0. The van der Waals surface area contributed by atoms with Gasteiger partial charge in [-0.2, -0.15) is 5.26 Å². The van der Waals surface area contributed by atoms with E-state index in [4.69, 9.17) is 5.26 Å². The summed E-state index contributed by atoms with van der Waals surface area (Å²) in [5.74, 6) is -0.133. The van der Waals surface area contributed by atoms with E-state index in [-0.39, 0.29) is 5.82 Å². The Morgan fingerprint density at radius 2 is 1.40 bits per heavy atom. The highest BCUT2D eigenvalue weighted by molar-refractivity contribution is 5.88. The molecule has 148 valence electrons. The number of aryl methyl sites for hydroxylation is 3. The number of fused-ring (bicyclic) bond motifs is 1. The van der Waals surface area contributed by atoms with Crippen molar-refractivity contribution in [2.75, 3.05) is 0 Å². The van der Waals surface area contributed by atoms with Gasteiger partial charge in [0.15, 0.2) is 0 Å². The predicted octanol–water partition coefficient (Wildman–Crippen LogP) is 7.26. The highest BCUT2D eigenvalue weighted by Gasteiger charge is 2.09. The van der Waals surface area contributed by atoms with Gasteiger partial charge in [-0.05, 0) is 70.7 Å². The van der Waals surface area contributed by atoms with Gasteiger partial charge in [0.1, 0.15) is 5.82 Å². The molecular formula is C28H24FN. The van der Waals surface area contributed by atoms with Crippen LogP contribution < -0.4 is 0 Å². The summed E-state index contributed by atoms with van der Waals surface area (Å²) in [4.78, 5) is 0. The van der Waals surface area contributed by atoms with Gasteiger partial charge in [0.2, 0.25) is 0 Å². The molecule has 0 unspecified atom stereocenters. The van der Waals surface area contributed by atoms with Crippen molar-refractivity contribution in [2.24, 2.45) is 0 Å². The molecule has 0 bridgehead atoms. The van der Waals surface area contributed by atoms with Crippen molar-refractivity contribution < 1.29 is 4.39 Å². The van der Waals surface area contributed by atoms with E-state index in [1.54, 1.807) is 0 Å². The van der Waals surface area contributed by atoms with Gasteiger partial charge in [-0.3, -0.25) is 0 Å². The van der Waals surface area contributed by atoms with Crippen LogP contribution in [0.25, 0.3) is 21.9 Å². The van der Waals surface area contributed by atoms with Crippen molar-refractivity contribution >= 4 is 10.8 Å². The summed E-state index contributed by atoms with van der Waals surface area (Å²) in [7, 11) is 0. The van der Waals surface area contributed by atoms with Crippen molar-refractivity contribution in [1.29, 1.82) is 5.26 Å². The monoisotopic (exact) mass is 393 g/mol. The third-order valence-corrected chi connectivity index (χ3v) is 5.63. The first-order valence-electron chi connectivity index (χ1n) is 10.5. The summed E-state index contributed by atoms with van der Waals surface area (Å²) in [6.07, 6.45) is 3.61. The predicted molar refractivity (Wildman–Crippen MR) is 122 cm³/mol. The largest absolute Gasteiger partial charge is 0.206 e. The van der Waals surface area contributed by atoms with Crippen LogP contribution in [-0.4, -0.2) is 0 Å². The van der Waals surface area contributed by atoms with Crippen LogP contribution in [0.3, 0.4) is 0 Å². The van der Waals surface area contributed by atoms with Crippen molar-refractivity contribution in [1.82, 2.24) is 0 Å². The molecule has 0 aliphatic rings. The number of halogens is 1. The van der Waals surface area contributed by atoms with Gasteiger partial charge in [-0.25, -0.2) is 4.39 Å². The number of nitriles is 1. The summed E-state index contributed by atoms with van der Waals surface area (Å²) in [5, 5.41) is 10.5. The maximum absolute atomic E-state index is 15.1. The Hall–Kier alpha value is -3.44. The van der Waals surface area contributed by atoms with Crippen LogP contribution in [0.15, 0.2) is 78.9 Å². The third kappa shape index (κ3) is 4.26. The van der Waals surface area contributed by atoms with E-state index >= 15 is 4.39 Å². The van der Waals surface area contributed by atoms with E-state index in [9.17, 15) is 0 Å². The van der Waals surface area contributed by atoms with Crippen LogP contribution in [0.1, 0.15) is 35.6 Å². The third-order valence-electron chi connectivity index (χ3n) is 5.63. The van der Waals surface area contributed by atoms with Crippen LogP contribution in [-0.2, 0) is 19.3 Å². The van der Waals surface area contributed by atoms with E-state index < -0.39 is 0 Å². The normalized spacial score (nSPS) is 10.8. The standard InChI is InChI=1S/C28H24FN/c1-2-3-20-8-11-23(12-9-20)25-16-17-27-26(18-25)15-14-24(28(27)29)13-10-21-4-6-22(19-30)7-5-21/h4-9,11-12,14-18H,2-3,10,13H2,1H3. The quantitative estimate of drug-likeness (QED) is 0.338. The summed E-state index contributed by atoms with van der Waals surface area (Å²) in [6.45, 7) is 2.18. The molecule has 0 radical (unpaired) electrons. The zero-order valence-corrected chi connectivity index (χ0v) is 17.2. The molecule has 0 aliphatic carbocycles. The van der Waals surface area contributed by atoms with Crippen LogP contribution in [0.2, 0.25) is 0 Å². The summed E-state index contributed by atoms with van der Waals surface area (Å²) in [6, 6.07) is 28.1. The molecule has 30 heavy (non-hydrogen) atoms. The average Bonchev–Trinajstić information content (AvgIpc) is 2.79. The molecule has 0 atom stereocenters. The Morgan fingerprint density at radius 1 is 0.733 bits per heavy atom. The summed E-state index contributed by atoms with van der Waals surface area (Å²) >= 11 is 0. The fourth-order valence-corrected chi connectivity index (χ4v) is 3.89. The lowest BCUT2D eigenvalue weighted by atomic mass is 9.96. The van der Waals surface area contributed by atoms with Crippen LogP contribution >= 0.6 is 0 Å². The zero-order valence-electron chi connectivity index (χ0n) is 17.2. The fourth-order valence-electron chi connectivity index (χ4n) is 3.89. The van der Waals surface area contributed by atoms with Gasteiger partial charge in [-0.1, -0.05) is 74.0 Å². The number of nitrogens with zero attached hydrogens (tertiary/aromatic N) is 1. The van der Waals surface area contributed by atoms with Gasteiger partial charge in [0, 0.05) is 5.39 Å². The van der Waals surface area contributed by atoms with Crippen molar-refractivity contribution in [3.05, 3.63) is 107 Å². The second-order valence-electron chi connectivity index (χ2n) is 7.73. The topological polar surface area (TPSA) is 23.8 Å². The second-order valence-corrected chi connectivity index (χ2v) is 7.73. The minimum Gasteiger partial charge on any atom is -0.206 e. The lowest BCUT2D eigenvalue weighted by Crippen LogP contribution is -1.96. The number of hydrogen-bond acceptors (Lipinski definition) is 1. The minimum atomic E-state index is -0.133. The molecule has 0 fully saturated rings. The smallest absolute Gasteiger partial charge is 0.134 e. The average molecular weight is 394 g/mol. The van der Waals surface area contributed by atoms with Gasteiger partial charge < -0.3 is 0 Å². The fraction of sp³-hybridized carbons (Fsp3) is 0.179. The maximum atomic E-state index is 15.1. The van der Waals surface area contributed by atoms with Crippen molar-refractivity contribution in [3.8, 4) is 17.2 Å². The highest BCUT2D eigenvalue weighted by Crippen LogP contribution is 2.28. The van der Waals surface area contributed by atoms with Crippen LogP contribution in [0.4, 0.5) is 4.39 Å². The molecule has 0 N–H and O–H groups in total.